The van der Waals surface area contributed by atoms with Crippen LogP contribution in [0.5, 0.6) is 0 Å². The second-order valence-electron chi connectivity index (χ2n) is 4.81. The number of rotatable bonds is 3. The Labute approximate surface area is 126 Å². The van der Waals surface area contributed by atoms with Gasteiger partial charge in [-0.05, 0) is 34.7 Å². The van der Waals surface area contributed by atoms with E-state index >= 15 is 0 Å². The molecule has 0 aliphatic carbocycles. The lowest BCUT2D eigenvalue weighted by Gasteiger charge is -2.19. The number of hydrogen-bond donors (Lipinski definition) is 1. The van der Waals surface area contributed by atoms with Gasteiger partial charge in [0.15, 0.2) is 0 Å². The van der Waals surface area contributed by atoms with Crippen LogP contribution in [0.4, 0.5) is 0 Å². The second-order valence-corrected chi connectivity index (χ2v) is 5.25. The smallest absolute Gasteiger partial charge is 0.0554 e. The maximum Gasteiger partial charge on any atom is 0.0554 e. The van der Waals surface area contributed by atoms with E-state index in [1.54, 1.807) is 0 Å². The molecular formula is C16H19Cl2N. The van der Waals surface area contributed by atoms with Gasteiger partial charge in [-0.25, -0.2) is 0 Å². The predicted octanol–water partition coefficient (Wildman–Crippen LogP) is 4.93. The average molecular weight is 296 g/mol. The minimum atomic E-state index is -0.0964. The van der Waals surface area contributed by atoms with Gasteiger partial charge < -0.3 is 5.73 Å². The Balaban J connectivity index is 0.00000180. The van der Waals surface area contributed by atoms with Gasteiger partial charge in [-0.3, -0.25) is 0 Å². The molecule has 19 heavy (non-hydrogen) atoms. The molecule has 0 aliphatic heterocycles. The third-order valence-corrected chi connectivity index (χ3v) is 3.43. The van der Waals surface area contributed by atoms with Crippen molar-refractivity contribution >= 4 is 24.0 Å². The predicted molar refractivity (Wildman–Crippen MR) is 85.3 cm³/mol. The lowest BCUT2D eigenvalue weighted by molar-refractivity contribution is 0.794. The first-order chi connectivity index (χ1) is 8.59. The van der Waals surface area contributed by atoms with Crippen molar-refractivity contribution < 1.29 is 0 Å². The molecule has 0 aromatic heterocycles. The van der Waals surface area contributed by atoms with Crippen molar-refractivity contribution in [2.75, 3.05) is 0 Å². The van der Waals surface area contributed by atoms with E-state index in [-0.39, 0.29) is 18.4 Å². The zero-order valence-corrected chi connectivity index (χ0v) is 12.7. The highest BCUT2D eigenvalue weighted by Gasteiger charge is 2.14. The number of nitrogens with two attached hydrogens (primary N) is 1. The molecular weight excluding hydrogens is 277 g/mol. The van der Waals surface area contributed by atoms with E-state index in [0.717, 1.165) is 10.6 Å². The van der Waals surface area contributed by atoms with E-state index in [1.807, 2.05) is 30.3 Å². The Morgan fingerprint density at radius 3 is 1.95 bits per heavy atom. The highest BCUT2D eigenvalue weighted by molar-refractivity contribution is 6.30. The summed E-state index contributed by atoms with van der Waals surface area (Å²) in [5, 5.41) is 0.739. The number of halogens is 2. The molecule has 2 rings (SSSR count). The Kier molecular flexibility index (Phi) is 5.86. The fourth-order valence-electron chi connectivity index (χ4n) is 2.17. The van der Waals surface area contributed by atoms with E-state index in [4.69, 9.17) is 17.3 Å². The van der Waals surface area contributed by atoms with Crippen LogP contribution in [0.25, 0.3) is 0 Å². The van der Waals surface area contributed by atoms with Gasteiger partial charge >= 0.3 is 0 Å². The van der Waals surface area contributed by atoms with Gasteiger partial charge in [0, 0.05) is 5.02 Å². The van der Waals surface area contributed by atoms with Crippen LogP contribution >= 0.6 is 24.0 Å². The van der Waals surface area contributed by atoms with Gasteiger partial charge in [0.1, 0.15) is 0 Å². The highest BCUT2D eigenvalue weighted by Crippen LogP contribution is 2.28. The van der Waals surface area contributed by atoms with Crippen molar-refractivity contribution in [2.45, 2.75) is 25.8 Å². The SMILES string of the molecule is CC(C)c1ccccc1C(N)c1ccc(Cl)cc1.Cl. The molecule has 2 N–H and O–H groups in total. The molecule has 2 aromatic rings. The van der Waals surface area contributed by atoms with Crippen LogP contribution in [0.2, 0.25) is 5.02 Å². The molecule has 102 valence electrons. The molecule has 2 aromatic carbocycles. The number of benzene rings is 2. The minimum absolute atomic E-state index is 0. The molecule has 3 heteroatoms. The summed E-state index contributed by atoms with van der Waals surface area (Å²) in [6.45, 7) is 4.38. The standard InChI is InChI=1S/C16H18ClN.ClH/c1-11(2)14-5-3-4-6-15(14)16(18)12-7-9-13(17)10-8-12;/h3-11,16H,18H2,1-2H3;1H. The molecule has 1 atom stereocenters. The highest BCUT2D eigenvalue weighted by atomic mass is 35.5. The van der Waals surface area contributed by atoms with Crippen molar-refractivity contribution in [2.24, 2.45) is 5.73 Å². The topological polar surface area (TPSA) is 26.0 Å². The van der Waals surface area contributed by atoms with Crippen molar-refractivity contribution in [3.63, 3.8) is 0 Å². The molecule has 1 unspecified atom stereocenters. The fraction of sp³-hybridized carbons (Fsp3) is 0.250. The summed E-state index contributed by atoms with van der Waals surface area (Å²) >= 11 is 5.90. The van der Waals surface area contributed by atoms with Gasteiger partial charge in [0.05, 0.1) is 6.04 Å². The van der Waals surface area contributed by atoms with Gasteiger partial charge in [0.2, 0.25) is 0 Å². The maximum atomic E-state index is 6.36. The van der Waals surface area contributed by atoms with Crippen LogP contribution in [0, 0.1) is 0 Å². The summed E-state index contributed by atoms with van der Waals surface area (Å²) in [6, 6.07) is 16.0. The van der Waals surface area contributed by atoms with Crippen molar-refractivity contribution in [3.05, 3.63) is 70.2 Å². The van der Waals surface area contributed by atoms with Crippen molar-refractivity contribution in [3.8, 4) is 0 Å². The fourth-order valence-corrected chi connectivity index (χ4v) is 2.30. The van der Waals surface area contributed by atoms with Crippen LogP contribution in [0.1, 0.15) is 42.5 Å². The molecule has 0 saturated heterocycles. The zero-order valence-electron chi connectivity index (χ0n) is 11.1. The van der Waals surface area contributed by atoms with Crippen LogP contribution in [-0.2, 0) is 0 Å². The summed E-state index contributed by atoms with van der Waals surface area (Å²) in [5.41, 5.74) is 9.95. The summed E-state index contributed by atoms with van der Waals surface area (Å²) in [6.07, 6.45) is 0. The third-order valence-electron chi connectivity index (χ3n) is 3.18. The molecule has 0 spiro atoms. The number of hydrogen-bond acceptors (Lipinski definition) is 1. The minimum Gasteiger partial charge on any atom is -0.320 e. The normalized spacial score (nSPS) is 12.1. The molecule has 0 aliphatic rings. The van der Waals surface area contributed by atoms with Crippen LogP contribution < -0.4 is 5.73 Å². The maximum absolute atomic E-state index is 6.36. The van der Waals surface area contributed by atoms with Gasteiger partial charge in [-0.15, -0.1) is 12.4 Å². The summed E-state index contributed by atoms with van der Waals surface area (Å²) in [5.74, 6) is 0.472. The summed E-state index contributed by atoms with van der Waals surface area (Å²) in [4.78, 5) is 0. The molecule has 0 amide bonds. The second kappa shape index (κ2) is 6.95. The Bertz CT molecular complexity index is 521. The lowest BCUT2D eigenvalue weighted by atomic mass is 9.90. The van der Waals surface area contributed by atoms with Crippen molar-refractivity contribution in [1.29, 1.82) is 0 Å². The van der Waals surface area contributed by atoms with E-state index < -0.39 is 0 Å². The van der Waals surface area contributed by atoms with Gasteiger partial charge in [-0.1, -0.05) is 61.8 Å². The molecule has 1 nitrogen and oxygen atoms in total. The quantitative estimate of drug-likeness (QED) is 0.853. The third kappa shape index (κ3) is 3.73. The van der Waals surface area contributed by atoms with E-state index in [0.29, 0.717) is 5.92 Å². The average Bonchev–Trinajstić information content (AvgIpc) is 2.39. The molecule has 0 fully saturated rings. The largest absolute Gasteiger partial charge is 0.320 e. The lowest BCUT2D eigenvalue weighted by Crippen LogP contribution is -2.14. The first-order valence-corrected chi connectivity index (χ1v) is 6.57. The first-order valence-electron chi connectivity index (χ1n) is 6.19. The molecule has 0 bridgehead atoms. The van der Waals surface area contributed by atoms with Gasteiger partial charge in [-0.2, -0.15) is 0 Å². The van der Waals surface area contributed by atoms with Crippen LogP contribution in [0.15, 0.2) is 48.5 Å². The van der Waals surface area contributed by atoms with E-state index in [2.05, 4.69) is 32.0 Å². The Hall–Kier alpha value is -1.02. The summed E-state index contributed by atoms with van der Waals surface area (Å²) < 4.78 is 0. The van der Waals surface area contributed by atoms with Crippen LogP contribution in [0.3, 0.4) is 0 Å². The Morgan fingerprint density at radius 1 is 0.895 bits per heavy atom. The van der Waals surface area contributed by atoms with Crippen LogP contribution in [-0.4, -0.2) is 0 Å². The first kappa shape index (κ1) is 16.0. The molecule has 0 radical (unpaired) electrons. The monoisotopic (exact) mass is 295 g/mol. The van der Waals surface area contributed by atoms with E-state index in [1.165, 1.54) is 11.1 Å². The summed E-state index contributed by atoms with van der Waals surface area (Å²) in [7, 11) is 0. The zero-order chi connectivity index (χ0) is 13.1. The van der Waals surface area contributed by atoms with Crippen molar-refractivity contribution in [1.82, 2.24) is 0 Å². The molecule has 0 heterocycles. The van der Waals surface area contributed by atoms with E-state index in [9.17, 15) is 0 Å². The molecule has 0 saturated carbocycles. The Morgan fingerprint density at radius 2 is 1.42 bits per heavy atom. The van der Waals surface area contributed by atoms with Gasteiger partial charge in [0.25, 0.3) is 0 Å².